The van der Waals surface area contributed by atoms with E-state index < -0.39 is 5.41 Å². The number of carbonyl (C=O) groups excluding carboxylic acids is 1. The normalized spacial score (nSPS) is 17.6. The molecule has 0 spiro atoms. The van der Waals surface area contributed by atoms with E-state index >= 15 is 0 Å². The first kappa shape index (κ1) is 16.9. The number of hydrogen-bond donors (Lipinski definition) is 1. The van der Waals surface area contributed by atoms with Crippen molar-refractivity contribution >= 4 is 18.3 Å². The Morgan fingerprint density at radius 1 is 1.14 bits per heavy atom. The van der Waals surface area contributed by atoms with Crippen LogP contribution >= 0.6 is 12.4 Å². The van der Waals surface area contributed by atoms with Crippen molar-refractivity contribution in [1.82, 2.24) is 10.2 Å². The van der Waals surface area contributed by atoms with Crippen LogP contribution in [0, 0.1) is 0 Å². The van der Waals surface area contributed by atoms with Gasteiger partial charge in [0.25, 0.3) is 0 Å². The van der Waals surface area contributed by atoms with Crippen molar-refractivity contribution in [2.75, 3.05) is 39.4 Å². The molecule has 2 heterocycles. The summed E-state index contributed by atoms with van der Waals surface area (Å²) in [6, 6.07) is 5.80. The number of ether oxygens (including phenoxy) is 2. The van der Waals surface area contributed by atoms with Crippen molar-refractivity contribution in [2.24, 2.45) is 0 Å². The Morgan fingerprint density at radius 3 is 2.45 bits per heavy atom. The molecule has 0 aromatic heterocycles. The predicted octanol–water partition coefficient (Wildman–Crippen LogP) is 1.59. The number of hydrogen-bond acceptors (Lipinski definition) is 4. The highest BCUT2D eigenvalue weighted by Gasteiger charge is 2.35. The third-order valence-corrected chi connectivity index (χ3v) is 4.20. The number of benzene rings is 1. The van der Waals surface area contributed by atoms with Gasteiger partial charge in [0.15, 0.2) is 11.5 Å². The average Bonchev–Trinajstić information content (AvgIpc) is 2.54. The van der Waals surface area contributed by atoms with Crippen LogP contribution in [0.4, 0.5) is 0 Å². The fourth-order valence-corrected chi connectivity index (χ4v) is 2.82. The number of piperazine rings is 1. The summed E-state index contributed by atoms with van der Waals surface area (Å²) >= 11 is 0. The number of halogens is 1. The Hall–Kier alpha value is -1.46. The molecule has 5 nitrogen and oxygen atoms in total. The van der Waals surface area contributed by atoms with Crippen molar-refractivity contribution < 1.29 is 14.3 Å². The molecule has 0 radical (unpaired) electrons. The van der Waals surface area contributed by atoms with Gasteiger partial charge < -0.3 is 19.7 Å². The van der Waals surface area contributed by atoms with Gasteiger partial charge in [-0.05, 0) is 31.5 Å². The highest BCUT2D eigenvalue weighted by atomic mass is 35.5. The monoisotopic (exact) mass is 326 g/mol. The first-order valence-electron chi connectivity index (χ1n) is 7.49. The summed E-state index contributed by atoms with van der Waals surface area (Å²) in [6.07, 6.45) is 0. The molecule has 0 saturated carbocycles. The molecule has 1 aromatic carbocycles. The van der Waals surface area contributed by atoms with E-state index in [1.54, 1.807) is 0 Å². The molecule has 122 valence electrons. The molecule has 1 fully saturated rings. The molecule has 0 unspecified atom stereocenters. The zero-order valence-corrected chi connectivity index (χ0v) is 13.9. The van der Waals surface area contributed by atoms with Crippen LogP contribution in [0.25, 0.3) is 0 Å². The first-order chi connectivity index (χ1) is 10.1. The first-order valence-corrected chi connectivity index (χ1v) is 7.49. The minimum absolute atomic E-state index is 0. The fourth-order valence-electron chi connectivity index (χ4n) is 2.82. The molecule has 6 heteroatoms. The average molecular weight is 327 g/mol. The summed E-state index contributed by atoms with van der Waals surface area (Å²) in [6.45, 7) is 8.36. The molecule has 0 aliphatic carbocycles. The molecule has 1 N–H and O–H groups in total. The number of amides is 1. The van der Waals surface area contributed by atoms with E-state index in [1.807, 2.05) is 36.9 Å². The fraction of sp³-hybridized carbons (Fsp3) is 0.562. The van der Waals surface area contributed by atoms with Gasteiger partial charge in [0.1, 0.15) is 13.2 Å². The smallest absolute Gasteiger partial charge is 0.232 e. The van der Waals surface area contributed by atoms with Crippen LogP contribution < -0.4 is 14.8 Å². The van der Waals surface area contributed by atoms with E-state index in [-0.39, 0.29) is 18.3 Å². The van der Waals surface area contributed by atoms with Crippen LogP contribution in [0.3, 0.4) is 0 Å². The lowest BCUT2D eigenvalue weighted by atomic mass is 9.82. The van der Waals surface area contributed by atoms with Crippen molar-refractivity contribution in [1.29, 1.82) is 0 Å². The van der Waals surface area contributed by atoms with Gasteiger partial charge in [0, 0.05) is 26.2 Å². The zero-order valence-electron chi connectivity index (χ0n) is 13.1. The van der Waals surface area contributed by atoms with Gasteiger partial charge in [-0.2, -0.15) is 0 Å². The van der Waals surface area contributed by atoms with E-state index in [9.17, 15) is 4.79 Å². The minimum Gasteiger partial charge on any atom is -0.486 e. The zero-order chi connectivity index (χ0) is 14.9. The van der Waals surface area contributed by atoms with Crippen LogP contribution in [0.5, 0.6) is 11.5 Å². The van der Waals surface area contributed by atoms with Crippen LogP contribution in [-0.4, -0.2) is 50.2 Å². The molecule has 0 bridgehead atoms. The summed E-state index contributed by atoms with van der Waals surface area (Å²) in [5.74, 6) is 1.66. The van der Waals surface area contributed by atoms with Gasteiger partial charge in [0.2, 0.25) is 5.91 Å². The Bertz CT molecular complexity index is 542. The summed E-state index contributed by atoms with van der Waals surface area (Å²) < 4.78 is 11.2. The molecule has 0 atom stereocenters. The van der Waals surface area contributed by atoms with Crippen LogP contribution in [0.15, 0.2) is 18.2 Å². The second kappa shape index (κ2) is 6.75. The second-order valence-electron chi connectivity index (χ2n) is 6.03. The van der Waals surface area contributed by atoms with Crippen LogP contribution in [-0.2, 0) is 10.2 Å². The van der Waals surface area contributed by atoms with Crippen molar-refractivity contribution in [3.63, 3.8) is 0 Å². The molecule has 1 saturated heterocycles. The van der Waals surface area contributed by atoms with Crippen LogP contribution in [0.1, 0.15) is 19.4 Å². The summed E-state index contributed by atoms with van der Waals surface area (Å²) in [4.78, 5) is 14.8. The molecular weight excluding hydrogens is 304 g/mol. The molecule has 1 amide bonds. The van der Waals surface area contributed by atoms with E-state index in [2.05, 4.69) is 5.32 Å². The van der Waals surface area contributed by atoms with Gasteiger partial charge in [-0.25, -0.2) is 0 Å². The van der Waals surface area contributed by atoms with Gasteiger partial charge in [-0.1, -0.05) is 6.07 Å². The maximum Gasteiger partial charge on any atom is 0.232 e. The standard InChI is InChI=1S/C16H22N2O3.ClH/c1-16(2,15(19)18-7-5-17-6-8-18)12-3-4-13-14(11-12)21-10-9-20-13;/h3-4,11,17H,5-10H2,1-2H3;1H. The van der Waals surface area contributed by atoms with E-state index in [1.165, 1.54) is 0 Å². The highest BCUT2D eigenvalue weighted by molar-refractivity contribution is 5.87. The maximum absolute atomic E-state index is 12.8. The Labute approximate surface area is 137 Å². The molecule has 3 rings (SSSR count). The van der Waals surface area contributed by atoms with E-state index in [4.69, 9.17) is 9.47 Å². The predicted molar refractivity (Wildman–Crippen MR) is 87.2 cm³/mol. The lowest BCUT2D eigenvalue weighted by molar-refractivity contribution is -0.136. The van der Waals surface area contributed by atoms with Crippen molar-refractivity contribution in [2.45, 2.75) is 19.3 Å². The number of fused-ring (bicyclic) bond motifs is 1. The van der Waals surface area contributed by atoms with Crippen molar-refractivity contribution in [3.8, 4) is 11.5 Å². The molecule has 22 heavy (non-hydrogen) atoms. The Kier molecular flexibility index (Phi) is 5.19. The number of nitrogens with one attached hydrogen (secondary N) is 1. The summed E-state index contributed by atoms with van der Waals surface area (Å²) in [7, 11) is 0. The topological polar surface area (TPSA) is 50.8 Å². The van der Waals surface area contributed by atoms with Gasteiger partial charge >= 0.3 is 0 Å². The molecule has 2 aliphatic rings. The molecule has 1 aromatic rings. The Morgan fingerprint density at radius 2 is 1.77 bits per heavy atom. The van der Waals surface area contributed by atoms with Gasteiger partial charge in [0.05, 0.1) is 5.41 Å². The number of nitrogens with zero attached hydrogens (tertiary/aromatic N) is 1. The molecule has 2 aliphatic heterocycles. The second-order valence-corrected chi connectivity index (χ2v) is 6.03. The van der Waals surface area contributed by atoms with E-state index in [0.29, 0.717) is 13.2 Å². The summed E-state index contributed by atoms with van der Waals surface area (Å²) in [5, 5.41) is 3.27. The van der Waals surface area contributed by atoms with Crippen LogP contribution in [0.2, 0.25) is 0 Å². The van der Waals surface area contributed by atoms with E-state index in [0.717, 1.165) is 43.2 Å². The Balaban J connectivity index is 0.00000176. The lowest BCUT2D eigenvalue weighted by Gasteiger charge is -2.35. The highest BCUT2D eigenvalue weighted by Crippen LogP contribution is 2.35. The largest absolute Gasteiger partial charge is 0.486 e. The third-order valence-electron chi connectivity index (χ3n) is 4.20. The van der Waals surface area contributed by atoms with Gasteiger partial charge in [-0.3, -0.25) is 4.79 Å². The lowest BCUT2D eigenvalue weighted by Crippen LogP contribution is -2.51. The van der Waals surface area contributed by atoms with Gasteiger partial charge in [-0.15, -0.1) is 12.4 Å². The van der Waals surface area contributed by atoms with Crippen molar-refractivity contribution in [3.05, 3.63) is 23.8 Å². The maximum atomic E-state index is 12.8. The SMILES string of the molecule is CC(C)(C(=O)N1CCNCC1)c1ccc2c(c1)OCCO2.Cl. The number of carbonyl (C=O) groups is 1. The summed E-state index contributed by atoms with van der Waals surface area (Å²) in [5.41, 5.74) is 0.406. The quantitative estimate of drug-likeness (QED) is 0.896. The number of rotatable bonds is 2. The minimum atomic E-state index is -0.562. The third kappa shape index (κ3) is 3.15. The molecular formula is C16H23ClN2O3.